The molecule has 0 radical (unpaired) electrons. The first kappa shape index (κ1) is 12.6. The predicted molar refractivity (Wildman–Crippen MR) is 66.8 cm³/mol. The fourth-order valence-electron chi connectivity index (χ4n) is 2.60. The third-order valence-electron chi connectivity index (χ3n) is 3.53. The van der Waals surface area contributed by atoms with E-state index < -0.39 is 0 Å². The highest BCUT2D eigenvalue weighted by atomic mass is 16.5. The van der Waals surface area contributed by atoms with E-state index in [0.29, 0.717) is 0 Å². The minimum Gasteiger partial charge on any atom is -0.467 e. The second-order valence-electron chi connectivity index (χ2n) is 4.75. The summed E-state index contributed by atoms with van der Waals surface area (Å²) in [5, 5.41) is 0. The number of hydrogen-bond acceptors (Lipinski definition) is 4. The summed E-state index contributed by atoms with van der Waals surface area (Å²) in [5.41, 5.74) is 7.45. The molecule has 2 heterocycles. The van der Waals surface area contributed by atoms with Gasteiger partial charge in [0, 0.05) is 19.7 Å². The monoisotopic (exact) mass is 238 g/mol. The van der Waals surface area contributed by atoms with Gasteiger partial charge in [0.15, 0.2) is 0 Å². The Morgan fingerprint density at radius 3 is 3.06 bits per heavy atom. The molecule has 0 amide bonds. The number of nitrogens with two attached hydrogens (primary N) is 1. The van der Waals surface area contributed by atoms with Gasteiger partial charge in [-0.25, -0.2) is 0 Å². The molecule has 1 aromatic heterocycles. The fourth-order valence-corrected chi connectivity index (χ4v) is 2.60. The van der Waals surface area contributed by atoms with Crippen molar-refractivity contribution in [3.8, 4) is 0 Å². The number of furan rings is 1. The van der Waals surface area contributed by atoms with Gasteiger partial charge in [0.1, 0.15) is 5.76 Å². The fraction of sp³-hybridized carbons (Fsp3) is 0.692. The zero-order valence-corrected chi connectivity index (χ0v) is 10.7. The second-order valence-corrected chi connectivity index (χ2v) is 4.75. The van der Waals surface area contributed by atoms with Crippen LogP contribution in [0.25, 0.3) is 0 Å². The molecule has 0 aliphatic carbocycles. The molecule has 1 aromatic rings. The highest BCUT2D eigenvalue weighted by Crippen LogP contribution is 2.32. The minimum atomic E-state index is 0.158. The van der Waals surface area contributed by atoms with Crippen molar-refractivity contribution in [1.82, 2.24) is 4.90 Å². The van der Waals surface area contributed by atoms with E-state index in [1.54, 1.807) is 13.4 Å². The van der Waals surface area contributed by atoms with E-state index in [1.807, 2.05) is 6.07 Å². The Kier molecular flexibility index (Phi) is 4.20. The number of piperidine rings is 1. The molecule has 0 saturated carbocycles. The van der Waals surface area contributed by atoms with Gasteiger partial charge in [0.25, 0.3) is 0 Å². The van der Waals surface area contributed by atoms with Gasteiger partial charge in [0.2, 0.25) is 0 Å². The van der Waals surface area contributed by atoms with Crippen molar-refractivity contribution in [3.63, 3.8) is 0 Å². The van der Waals surface area contributed by atoms with Crippen LogP contribution in [0.2, 0.25) is 0 Å². The van der Waals surface area contributed by atoms with E-state index in [4.69, 9.17) is 14.9 Å². The molecule has 17 heavy (non-hydrogen) atoms. The maximum atomic E-state index is 6.26. The van der Waals surface area contributed by atoms with E-state index in [0.717, 1.165) is 38.3 Å². The smallest absolute Gasteiger partial charge is 0.125 e. The highest BCUT2D eigenvalue weighted by Gasteiger charge is 2.33. The van der Waals surface area contributed by atoms with Crippen molar-refractivity contribution in [3.05, 3.63) is 23.7 Å². The van der Waals surface area contributed by atoms with Crippen molar-refractivity contribution in [2.45, 2.75) is 31.8 Å². The molecule has 1 fully saturated rings. The second kappa shape index (κ2) is 5.67. The van der Waals surface area contributed by atoms with Crippen LogP contribution in [0, 0.1) is 6.92 Å². The number of nitrogens with zero attached hydrogens (tertiary/aromatic N) is 1. The van der Waals surface area contributed by atoms with Crippen LogP contribution in [0.5, 0.6) is 0 Å². The maximum absolute atomic E-state index is 6.26. The highest BCUT2D eigenvalue weighted by molar-refractivity contribution is 5.20. The first-order valence-corrected chi connectivity index (χ1v) is 6.26. The third kappa shape index (κ3) is 2.70. The Balaban J connectivity index is 2.16. The number of ether oxygens (including phenoxy) is 1. The molecule has 0 spiro atoms. The lowest BCUT2D eigenvalue weighted by Gasteiger charge is -2.38. The largest absolute Gasteiger partial charge is 0.467 e. The standard InChI is InChI=1S/C13H22N2O2/c1-10-5-8-17-13(10)12-11(14)4-3-6-15(12)7-9-16-2/h5,8,11-12H,3-4,6-7,9,14H2,1-2H3. The Morgan fingerprint density at radius 1 is 1.59 bits per heavy atom. The third-order valence-corrected chi connectivity index (χ3v) is 3.53. The molecule has 1 saturated heterocycles. The van der Waals surface area contributed by atoms with E-state index in [2.05, 4.69) is 11.8 Å². The zero-order chi connectivity index (χ0) is 12.3. The average Bonchev–Trinajstić information content (AvgIpc) is 2.73. The lowest BCUT2D eigenvalue weighted by Crippen LogP contribution is -2.47. The van der Waals surface area contributed by atoms with Crippen molar-refractivity contribution < 1.29 is 9.15 Å². The van der Waals surface area contributed by atoms with Crippen LogP contribution >= 0.6 is 0 Å². The van der Waals surface area contributed by atoms with Crippen LogP contribution in [0.4, 0.5) is 0 Å². The quantitative estimate of drug-likeness (QED) is 0.867. The van der Waals surface area contributed by atoms with Crippen LogP contribution in [0.1, 0.15) is 30.2 Å². The summed E-state index contributed by atoms with van der Waals surface area (Å²) in [6.07, 6.45) is 3.97. The summed E-state index contributed by atoms with van der Waals surface area (Å²) in [7, 11) is 1.73. The molecule has 2 N–H and O–H groups in total. The predicted octanol–water partition coefficient (Wildman–Crippen LogP) is 1.70. The summed E-state index contributed by atoms with van der Waals surface area (Å²) >= 11 is 0. The summed E-state index contributed by atoms with van der Waals surface area (Å²) in [5.74, 6) is 1.02. The SMILES string of the molecule is COCCN1CCCC(N)C1c1occc1C. The zero-order valence-electron chi connectivity index (χ0n) is 10.7. The minimum absolute atomic E-state index is 0.158. The molecule has 0 aromatic carbocycles. The van der Waals surface area contributed by atoms with E-state index in [1.165, 1.54) is 5.56 Å². The van der Waals surface area contributed by atoms with Gasteiger partial charge >= 0.3 is 0 Å². The topological polar surface area (TPSA) is 51.6 Å². The molecular formula is C13H22N2O2. The van der Waals surface area contributed by atoms with Gasteiger partial charge in [-0.2, -0.15) is 0 Å². The molecular weight excluding hydrogens is 216 g/mol. The molecule has 4 heteroatoms. The Hall–Kier alpha value is -0.840. The Labute approximate surface area is 103 Å². The number of methoxy groups -OCH3 is 1. The number of rotatable bonds is 4. The van der Waals surface area contributed by atoms with Gasteiger partial charge in [-0.1, -0.05) is 0 Å². The molecule has 2 unspecified atom stereocenters. The molecule has 2 rings (SSSR count). The van der Waals surface area contributed by atoms with Crippen molar-refractivity contribution in [1.29, 1.82) is 0 Å². The van der Waals surface area contributed by atoms with Gasteiger partial charge in [-0.05, 0) is 37.9 Å². The lowest BCUT2D eigenvalue weighted by atomic mass is 9.93. The maximum Gasteiger partial charge on any atom is 0.125 e. The van der Waals surface area contributed by atoms with Crippen LogP contribution < -0.4 is 5.73 Å². The van der Waals surface area contributed by atoms with Crippen LogP contribution in [-0.2, 0) is 4.74 Å². The Morgan fingerprint density at radius 2 is 2.41 bits per heavy atom. The van der Waals surface area contributed by atoms with Crippen LogP contribution in [-0.4, -0.2) is 37.7 Å². The first-order chi connectivity index (χ1) is 8.24. The van der Waals surface area contributed by atoms with Crippen molar-refractivity contribution in [2.75, 3.05) is 26.8 Å². The normalized spacial score (nSPS) is 26.3. The molecule has 1 aliphatic heterocycles. The van der Waals surface area contributed by atoms with E-state index >= 15 is 0 Å². The van der Waals surface area contributed by atoms with Crippen molar-refractivity contribution >= 4 is 0 Å². The van der Waals surface area contributed by atoms with Gasteiger partial charge in [-0.3, -0.25) is 4.90 Å². The number of aryl methyl sites for hydroxylation is 1. The first-order valence-electron chi connectivity index (χ1n) is 6.26. The summed E-state index contributed by atoms with van der Waals surface area (Å²) in [6, 6.07) is 2.37. The molecule has 1 aliphatic rings. The number of likely N-dealkylation sites (tertiary alicyclic amines) is 1. The van der Waals surface area contributed by atoms with Gasteiger partial charge in [0.05, 0.1) is 18.9 Å². The molecule has 4 nitrogen and oxygen atoms in total. The summed E-state index contributed by atoms with van der Waals surface area (Å²) in [4.78, 5) is 2.38. The van der Waals surface area contributed by atoms with Crippen LogP contribution in [0.3, 0.4) is 0 Å². The summed E-state index contributed by atoms with van der Waals surface area (Å²) in [6.45, 7) is 4.80. The average molecular weight is 238 g/mol. The molecule has 0 bridgehead atoms. The van der Waals surface area contributed by atoms with E-state index in [-0.39, 0.29) is 12.1 Å². The number of hydrogen-bond donors (Lipinski definition) is 1. The lowest BCUT2D eigenvalue weighted by molar-refractivity contribution is 0.0737. The van der Waals surface area contributed by atoms with E-state index in [9.17, 15) is 0 Å². The van der Waals surface area contributed by atoms with Gasteiger partial charge in [-0.15, -0.1) is 0 Å². The van der Waals surface area contributed by atoms with Crippen molar-refractivity contribution in [2.24, 2.45) is 5.73 Å². The molecule has 96 valence electrons. The van der Waals surface area contributed by atoms with Crippen LogP contribution in [0.15, 0.2) is 16.7 Å². The Bertz CT molecular complexity index is 351. The van der Waals surface area contributed by atoms with Gasteiger partial charge < -0.3 is 14.9 Å². The summed E-state index contributed by atoms with van der Waals surface area (Å²) < 4.78 is 10.8. The molecule has 2 atom stereocenters.